The molecule has 3 aromatic rings. The van der Waals surface area contributed by atoms with Crippen molar-refractivity contribution in [3.63, 3.8) is 0 Å². The molecule has 3 heteroatoms. The predicted octanol–water partition coefficient (Wildman–Crippen LogP) is 3.45. The molecule has 0 aliphatic carbocycles. The lowest BCUT2D eigenvalue weighted by molar-refractivity contribution is 0.447. The molecule has 0 spiro atoms. The summed E-state index contributed by atoms with van der Waals surface area (Å²) in [5, 5.41) is 7.67. The average molecular weight is 229 g/mol. The van der Waals surface area contributed by atoms with Crippen LogP contribution in [0.15, 0.2) is 40.9 Å². The van der Waals surface area contributed by atoms with Crippen molar-refractivity contribution in [2.75, 3.05) is 5.75 Å². The van der Waals surface area contributed by atoms with Crippen molar-refractivity contribution in [1.29, 1.82) is 0 Å². The first kappa shape index (κ1) is 9.73. The molecule has 0 amide bonds. The number of fused-ring (bicyclic) bond motifs is 3. The van der Waals surface area contributed by atoms with Gasteiger partial charge in [-0.1, -0.05) is 35.5 Å². The Morgan fingerprint density at radius 3 is 2.88 bits per heavy atom. The molecule has 2 nitrogen and oxygen atoms in total. The van der Waals surface area contributed by atoms with Crippen LogP contribution in [0.25, 0.3) is 21.7 Å². The monoisotopic (exact) mass is 229 g/mol. The van der Waals surface area contributed by atoms with Gasteiger partial charge in [-0.15, -0.1) is 0 Å². The Morgan fingerprint density at radius 1 is 1.12 bits per heavy atom. The third-order valence-electron chi connectivity index (χ3n) is 2.78. The Balaban J connectivity index is 2.42. The van der Waals surface area contributed by atoms with Crippen molar-refractivity contribution in [1.82, 2.24) is 5.16 Å². The Morgan fingerprint density at radius 2 is 2.00 bits per heavy atom. The van der Waals surface area contributed by atoms with Gasteiger partial charge in [-0.25, -0.2) is 0 Å². The molecule has 1 heterocycles. The fourth-order valence-corrected chi connectivity index (χ4v) is 2.26. The summed E-state index contributed by atoms with van der Waals surface area (Å²) in [7, 11) is 0. The first-order valence-corrected chi connectivity index (χ1v) is 5.90. The summed E-state index contributed by atoms with van der Waals surface area (Å²) in [4.78, 5) is 0. The van der Waals surface area contributed by atoms with Gasteiger partial charge in [0.25, 0.3) is 0 Å². The normalized spacial score (nSPS) is 11.3. The van der Waals surface area contributed by atoms with Crippen molar-refractivity contribution in [2.45, 2.75) is 6.42 Å². The van der Waals surface area contributed by atoms with Crippen LogP contribution in [0.5, 0.6) is 0 Å². The second-order valence-corrected chi connectivity index (χ2v) is 4.21. The number of nitrogens with zero attached hydrogens (tertiary/aromatic N) is 1. The lowest BCUT2D eigenvalue weighted by Gasteiger charge is -1.99. The van der Waals surface area contributed by atoms with Crippen LogP contribution in [0.3, 0.4) is 0 Å². The Labute approximate surface area is 98.6 Å². The van der Waals surface area contributed by atoms with Crippen LogP contribution >= 0.6 is 12.6 Å². The zero-order chi connectivity index (χ0) is 11.0. The van der Waals surface area contributed by atoms with E-state index in [-0.39, 0.29) is 0 Å². The number of thiol groups is 1. The lowest BCUT2D eigenvalue weighted by atomic mass is 10.0. The summed E-state index contributed by atoms with van der Waals surface area (Å²) in [5.74, 6) is 0.783. The lowest BCUT2D eigenvalue weighted by Crippen LogP contribution is -1.86. The largest absolute Gasteiger partial charge is 0.356 e. The minimum atomic E-state index is 0.783. The highest BCUT2D eigenvalue weighted by Crippen LogP contribution is 2.28. The number of aryl methyl sites for hydroxylation is 1. The molecule has 0 radical (unpaired) electrons. The minimum absolute atomic E-state index is 0.783. The summed E-state index contributed by atoms with van der Waals surface area (Å²) in [6.45, 7) is 0. The molecule has 1 aromatic heterocycles. The second-order valence-electron chi connectivity index (χ2n) is 3.76. The number of hydrogen-bond donors (Lipinski definition) is 1. The molecule has 0 unspecified atom stereocenters. The van der Waals surface area contributed by atoms with E-state index >= 15 is 0 Å². The molecule has 0 atom stereocenters. The number of rotatable bonds is 2. The fraction of sp³-hybridized carbons (Fsp3) is 0.154. The van der Waals surface area contributed by atoms with Gasteiger partial charge in [-0.3, -0.25) is 0 Å². The fourth-order valence-electron chi connectivity index (χ4n) is 2.05. The zero-order valence-electron chi connectivity index (χ0n) is 8.68. The molecule has 2 aromatic carbocycles. The quantitative estimate of drug-likeness (QED) is 0.681. The van der Waals surface area contributed by atoms with Gasteiger partial charge in [0.05, 0.1) is 11.1 Å². The van der Waals surface area contributed by atoms with E-state index < -0.39 is 0 Å². The van der Waals surface area contributed by atoms with Crippen LogP contribution in [-0.2, 0) is 6.42 Å². The highest BCUT2D eigenvalue weighted by molar-refractivity contribution is 7.80. The van der Waals surface area contributed by atoms with E-state index in [0.29, 0.717) is 0 Å². The molecule has 0 fully saturated rings. The maximum Gasteiger partial charge on any atom is 0.167 e. The Kier molecular flexibility index (Phi) is 2.33. The van der Waals surface area contributed by atoms with Crippen LogP contribution in [0.4, 0.5) is 0 Å². The van der Waals surface area contributed by atoms with Gasteiger partial charge in [0.15, 0.2) is 5.58 Å². The van der Waals surface area contributed by atoms with Crippen LogP contribution in [0, 0.1) is 0 Å². The Bertz CT molecular complexity index is 645. The van der Waals surface area contributed by atoms with Crippen LogP contribution in [0.1, 0.15) is 5.69 Å². The third kappa shape index (κ3) is 1.39. The minimum Gasteiger partial charge on any atom is -0.356 e. The van der Waals surface area contributed by atoms with Gasteiger partial charge in [0.2, 0.25) is 0 Å². The van der Waals surface area contributed by atoms with Crippen molar-refractivity contribution in [3.05, 3.63) is 42.1 Å². The van der Waals surface area contributed by atoms with E-state index in [1.54, 1.807) is 0 Å². The number of hydrogen-bond acceptors (Lipinski definition) is 3. The smallest absolute Gasteiger partial charge is 0.167 e. The predicted molar refractivity (Wildman–Crippen MR) is 69.1 cm³/mol. The molecule has 0 aliphatic heterocycles. The number of aromatic nitrogens is 1. The topological polar surface area (TPSA) is 26.0 Å². The summed E-state index contributed by atoms with van der Waals surface area (Å²) < 4.78 is 5.33. The molecule has 80 valence electrons. The van der Waals surface area contributed by atoms with E-state index in [1.165, 1.54) is 10.8 Å². The first-order chi connectivity index (χ1) is 7.90. The van der Waals surface area contributed by atoms with Crippen LogP contribution in [0.2, 0.25) is 0 Å². The maximum atomic E-state index is 5.33. The van der Waals surface area contributed by atoms with Gasteiger partial charge >= 0.3 is 0 Å². The highest BCUT2D eigenvalue weighted by Gasteiger charge is 2.10. The van der Waals surface area contributed by atoms with Crippen molar-refractivity contribution in [3.8, 4) is 0 Å². The van der Waals surface area contributed by atoms with E-state index in [9.17, 15) is 0 Å². The SMILES string of the molecule is SCCc1noc2ccc3ccccc3c12. The van der Waals surface area contributed by atoms with E-state index in [1.807, 2.05) is 18.2 Å². The molecule has 0 bridgehead atoms. The average Bonchev–Trinajstić information content (AvgIpc) is 2.73. The van der Waals surface area contributed by atoms with Crippen molar-refractivity contribution in [2.24, 2.45) is 0 Å². The molecule has 0 saturated carbocycles. The molecular formula is C13H11NOS. The van der Waals surface area contributed by atoms with E-state index in [2.05, 4.69) is 36.0 Å². The molecule has 3 rings (SSSR count). The van der Waals surface area contributed by atoms with E-state index in [4.69, 9.17) is 4.52 Å². The van der Waals surface area contributed by atoms with Crippen LogP contribution < -0.4 is 0 Å². The van der Waals surface area contributed by atoms with Gasteiger partial charge in [-0.05, 0) is 22.6 Å². The molecule has 0 saturated heterocycles. The maximum absolute atomic E-state index is 5.33. The Hall–Kier alpha value is -1.48. The molecule has 0 aliphatic rings. The summed E-state index contributed by atoms with van der Waals surface area (Å²) in [5.41, 5.74) is 1.86. The van der Waals surface area contributed by atoms with Gasteiger partial charge in [0, 0.05) is 6.42 Å². The van der Waals surface area contributed by atoms with Gasteiger partial charge in [-0.2, -0.15) is 12.6 Å². The van der Waals surface area contributed by atoms with Crippen molar-refractivity contribution >= 4 is 34.4 Å². The van der Waals surface area contributed by atoms with E-state index in [0.717, 1.165) is 28.8 Å². The molecular weight excluding hydrogens is 218 g/mol. The first-order valence-electron chi connectivity index (χ1n) is 5.27. The standard InChI is InChI=1S/C13H11NOS/c16-8-7-11-13-10-4-2-1-3-9(10)5-6-12(13)15-14-11/h1-6,16H,7-8H2. The highest BCUT2D eigenvalue weighted by atomic mass is 32.1. The van der Waals surface area contributed by atoms with Crippen LogP contribution in [-0.4, -0.2) is 10.9 Å². The summed E-state index contributed by atoms with van der Waals surface area (Å²) in [6, 6.07) is 12.3. The summed E-state index contributed by atoms with van der Waals surface area (Å²) in [6.07, 6.45) is 0.837. The second kappa shape index (κ2) is 3.83. The van der Waals surface area contributed by atoms with Gasteiger partial charge < -0.3 is 4.52 Å². The number of benzene rings is 2. The summed E-state index contributed by atoms with van der Waals surface area (Å²) >= 11 is 4.25. The van der Waals surface area contributed by atoms with Gasteiger partial charge in [0.1, 0.15) is 0 Å². The molecule has 16 heavy (non-hydrogen) atoms. The van der Waals surface area contributed by atoms with Crippen molar-refractivity contribution < 1.29 is 4.52 Å². The molecule has 0 N–H and O–H groups in total. The third-order valence-corrected chi connectivity index (χ3v) is 3.01. The zero-order valence-corrected chi connectivity index (χ0v) is 9.58.